The fraction of sp³-hybridized carbons (Fsp3) is 0.429. The molecule has 2 rings (SSSR count). The third-order valence-corrected chi connectivity index (χ3v) is 3.69. The Morgan fingerprint density at radius 1 is 1.45 bits per heavy atom. The van der Waals surface area contributed by atoms with E-state index in [9.17, 15) is 4.79 Å². The average molecular weight is 293 g/mol. The van der Waals surface area contributed by atoms with Crippen LogP contribution in [0.5, 0.6) is 0 Å². The highest BCUT2D eigenvalue weighted by Crippen LogP contribution is 2.15. The van der Waals surface area contributed by atoms with E-state index in [0.717, 1.165) is 28.6 Å². The van der Waals surface area contributed by atoms with Gasteiger partial charge in [0.05, 0.1) is 16.7 Å². The molecule has 2 aromatic rings. The van der Waals surface area contributed by atoms with E-state index < -0.39 is 0 Å². The summed E-state index contributed by atoms with van der Waals surface area (Å²) in [5.41, 5.74) is 1.02. The molecule has 0 aliphatic heterocycles. The summed E-state index contributed by atoms with van der Waals surface area (Å²) < 4.78 is 5.47. The fourth-order valence-electron chi connectivity index (χ4n) is 1.83. The molecule has 2 aromatic heterocycles. The van der Waals surface area contributed by atoms with Crippen molar-refractivity contribution < 1.29 is 9.21 Å². The number of aromatic nitrogens is 1. The molecule has 0 radical (unpaired) electrons. The molecular weight excluding hydrogens is 274 g/mol. The molecule has 0 spiro atoms. The van der Waals surface area contributed by atoms with Gasteiger partial charge in [-0.15, -0.1) is 11.3 Å². The number of hydrogen-bond donors (Lipinski definition) is 2. The van der Waals surface area contributed by atoms with Crippen molar-refractivity contribution in [2.75, 3.05) is 6.54 Å². The van der Waals surface area contributed by atoms with Gasteiger partial charge in [-0.05, 0) is 32.9 Å². The highest BCUT2D eigenvalue weighted by molar-refractivity contribution is 7.09. The van der Waals surface area contributed by atoms with Crippen LogP contribution in [-0.2, 0) is 6.42 Å². The van der Waals surface area contributed by atoms with Gasteiger partial charge >= 0.3 is 6.03 Å². The number of amides is 2. The molecule has 2 N–H and O–H groups in total. The number of carbonyl (C=O) groups excluding carboxylic acids is 1. The van der Waals surface area contributed by atoms with Crippen molar-refractivity contribution in [2.24, 2.45) is 0 Å². The Morgan fingerprint density at radius 3 is 2.85 bits per heavy atom. The number of nitrogens with one attached hydrogen (secondary N) is 2. The molecule has 0 bridgehead atoms. The van der Waals surface area contributed by atoms with E-state index in [4.69, 9.17) is 4.42 Å². The van der Waals surface area contributed by atoms with Gasteiger partial charge in [0.25, 0.3) is 0 Å². The number of aryl methyl sites for hydroxylation is 2. The Balaban J connectivity index is 1.72. The van der Waals surface area contributed by atoms with E-state index in [0.29, 0.717) is 6.54 Å². The molecule has 6 heteroatoms. The molecule has 1 atom stereocenters. The summed E-state index contributed by atoms with van der Waals surface area (Å²) in [6.45, 7) is 6.31. The molecule has 2 heterocycles. The Bertz CT molecular complexity index is 576. The quantitative estimate of drug-likeness (QED) is 0.890. The standard InChI is InChI=1S/C14H19N3O2S/c1-9-4-5-13(19-9)10(2)16-14(18)15-7-6-12-8-20-11(3)17-12/h4-5,8,10H,6-7H2,1-3H3,(H2,15,16,18)/t10-/m0/s1. The minimum Gasteiger partial charge on any atom is -0.464 e. The van der Waals surface area contributed by atoms with Gasteiger partial charge in [0.1, 0.15) is 11.5 Å². The van der Waals surface area contributed by atoms with Gasteiger partial charge in [-0.3, -0.25) is 0 Å². The second-order valence-electron chi connectivity index (χ2n) is 4.68. The smallest absolute Gasteiger partial charge is 0.315 e. The monoisotopic (exact) mass is 293 g/mol. The van der Waals surface area contributed by atoms with Crippen molar-refractivity contribution in [3.05, 3.63) is 39.7 Å². The van der Waals surface area contributed by atoms with Crippen LogP contribution in [0.1, 0.15) is 35.2 Å². The zero-order valence-electron chi connectivity index (χ0n) is 11.9. The Kier molecular flexibility index (Phi) is 4.79. The lowest BCUT2D eigenvalue weighted by atomic mass is 10.2. The lowest BCUT2D eigenvalue weighted by Gasteiger charge is -2.12. The molecule has 0 aliphatic carbocycles. The maximum atomic E-state index is 11.7. The summed E-state index contributed by atoms with van der Waals surface area (Å²) in [7, 11) is 0. The van der Waals surface area contributed by atoms with Crippen LogP contribution in [0.3, 0.4) is 0 Å². The third kappa shape index (κ3) is 4.09. The topological polar surface area (TPSA) is 67.2 Å². The van der Waals surface area contributed by atoms with Crippen molar-refractivity contribution in [1.29, 1.82) is 0 Å². The van der Waals surface area contributed by atoms with Crippen molar-refractivity contribution in [1.82, 2.24) is 15.6 Å². The summed E-state index contributed by atoms with van der Waals surface area (Å²) in [6, 6.07) is 3.41. The number of rotatable bonds is 5. The first-order valence-electron chi connectivity index (χ1n) is 6.56. The highest BCUT2D eigenvalue weighted by atomic mass is 32.1. The molecule has 0 aromatic carbocycles. The predicted octanol–water partition coefficient (Wildman–Crippen LogP) is 2.96. The van der Waals surface area contributed by atoms with Crippen LogP contribution in [-0.4, -0.2) is 17.6 Å². The molecule has 0 aliphatic rings. The summed E-state index contributed by atoms with van der Waals surface area (Å²) in [4.78, 5) is 16.1. The summed E-state index contributed by atoms with van der Waals surface area (Å²) >= 11 is 1.62. The van der Waals surface area contributed by atoms with Crippen LogP contribution in [0.4, 0.5) is 4.79 Å². The summed E-state index contributed by atoms with van der Waals surface area (Å²) in [5.74, 6) is 1.60. The number of thiazole rings is 1. The Labute approximate surface area is 122 Å². The molecule has 0 saturated heterocycles. The summed E-state index contributed by atoms with van der Waals surface area (Å²) in [6.07, 6.45) is 0.742. The second kappa shape index (κ2) is 6.56. The number of carbonyl (C=O) groups is 1. The number of furan rings is 1. The van der Waals surface area contributed by atoms with E-state index in [2.05, 4.69) is 15.6 Å². The van der Waals surface area contributed by atoms with Gasteiger partial charge in [-0.1, -0.05) is 0 Å². The van der Waals surface area contributed by atoms with Crippen molar-refractivity contribution in [3.8, 4) is 0 Å². The van der Waals surface area contributed by atoms with Crippen molar-refractivity contribution in [3.63, 3.8) is 0 Å². The molecule has 0 fully saturated rings. The van der Waals surface area contributed by atoms with Gasteiger partial charge < -0.3 is 15.1 Å². The normalized spacial score (nSPS) is 12.2. The largest absolute Gasteiger partial charge is 0.464 e. The minimum atomic E-state index is -0.196. The van der Waals surface area contributed by atoms with Crippen LogP contribution in [0.2, 0.25) is 0 Å². The van der Waals surface area contributed by atoms with Crippen LogP contribution < -0.4 is 10.6 Å². The number of urea groups is 1. The first kappa shape index (κ1) is 14.6. The lowest BCUT2D eigenvalue weighted by Crippen LogP contribution is -2.37. The van der Waals surface area contributed by atoms with Crippen molar-refractivity contribution in [2.45, 2.75) is 33.2 Å². The van der Waals surface area contributed by atoms with Gasteiger partial charge in [0.15, 0.2) is 0 Å². The minimum absolute atomic E-state index is 0.148. The molecule has 5 nitrogen and oxygen atoms in total. The maximum Gasteiger partial charge on any atom is 0.315 e. The van der Waals surface area contributed by atoms with E-state index in [-0.39, 0.29) is 12.1 Å². The van der Waals surface area contributed by atoms with Crippen LogP contribution in [0, 0.1) is 13.8 Å². The number of nitrogens with zero attached hydrogens (tertiary/aromatic N) is 1. The lowest BCUT2D eigenvalue weighted by molar-refractivity contribution is 0.236. The van der Waals surface area contributed by atoms with Gasteiger partial charge in [-0.2, -0.15) is 0 Å². The zero-order valence-corrected chi connectivity index (χ0v) is 12.7. The highest BCUT2D eigenvalue weighted by Gasteiger charge is 2.12. The molecular formula is C14H19N3O2S. The van der Waals surface area contributed by atoms with Crippen LogP contribution >= 0.6 is 11.3 Å². The van der Waals surface area contributed by atoms with Gasteiger partial charge in [-0.25, -0.2) is 9.78 Å². The SMILES string of the molecule is Cc1ccc([C@H](C)NC(=O)NCCc2csc(C)n2)o1. The molecule has 0 saturated carbocycles. The maximum absolute atomic E-state index is 11.7. The van der Waals surface area contributed by atoms with E-state index >= 15 is 0 Å². The number of hydrogen-bond acceptors (Lipinski definition) is 4. The first-order chi connectivity index (χ1) is 9.54. The van der Waals surface area contributed by atoms with Gasteiger partial charge in [0, 0.05) is 18.3 Å². The Hall–Kier alpha value is -1.82. The first-order valence-corrected chi connectivity index (χ1v) is 7.44. The predicted molar refractivity (Wildman–Crippen MR) is 78.9 cm³/mol. The Morgan fingerprint density at radius 2 is 2.25 bits per heavy atom. The van der Waals surface area contributed by atoms with Crippen LogP contribution in [0.25, 0.3) is 0 Å². The van der Waals surface area contributed by atoms with E-state index in [1.807, 2.05) is 38.3 Å². The fourth-order valence-corrected chi connectivity index (χ4v) is 2.48. The molecule has 108 valence electrons. The summed E-state index contributed by atoms with van der Waals surface area (Å²) in [5, 5.41) is 8.72. The zero-order chi connectivity index (χ0) is 14.5. The van der Waals surface area contributed by atoms with Crippen molar-refractivity contribution >= 4 is 17.4 Å². The average Bonchev–Trinajstić information content (AvgIpc) is 2.98. The van der Waals surface area contributed by atoms with Crippen LogP contribution in [0.15, 0.2) is 21.9 Å². The molecule has 0 unspecified atom stereocenters. The second-order valence-corrected chi connectivity index (χ2v) is 5.74. The van der Waals surface area contributed by atoms with Gasteiger partial charge in [0.2, 0.25) is 0 Å². The molecule has 20 heavy (non-hydrogen) atoms. The van der Waals surface area contributed by atoms with E-state index in [1.165, 1.54) is 0 Å². The molecule has 2 amide bonds. The third-order valence-electron chi connectivity index (χ3n) is 2.87. The van der Waals surface area contributed by atoms with E-state index in [1.54, 1.807) is 11.3 Å².